The monoisotopic (exact) mass is 582 g/mol. The zero-order chi connectivity index (χ0) is 29.2. The van der Waals surface area contributed by atoms with Crippen LogP contribution in [0.15, 0.2) is 48.5 Å². The lowest BCUT2D eigenvalue weighted by molar-refractivity contribution is -0.192. The van der Waals surface area contributed by atoms with Crippen molar-refractivity contribution in [3.05, 3.63) is 70.2 Å². The van der Waals surface area contributed by atoms with E-state index >= 15 is 0 Å². The minimum absolute atomic E-state index is 0.0341. The molecule has 39 heavy (non-hydrogen) atoms. The van der Waals surface area contributed by atoms with Crippen LogP contribution in [-0.4, -0.2) is 81.5 Å². The summed E-state index contributed by atoms with van der Waals surface area (Å²) in [7, 11) is 0. The molecule has 0 bridgehead atoms. The lowest BCUT2D eigenvalue weighted by Crippen LogP contribution is -2.51. The van der Waals surface area contributed by atoms with Crippen molar-refractivity contribution < 1.29 is 51.3 Å². The average molecular weight is 583 g/mol. The normalized spacial score (nSPS) is 21.7. The summed E-state index contributed by atoms with van der Waals surface area (Å²) >= 11 is 5.93. The first-order chi connectivity index (χ1) is 18.0. The number of rotatable bonds is 3. The number of hydrogen-bond acceptors (Lipinski definition) is 5. The Bertz CT molecular complexity index is 1170. The molecule has 2 saturated heterocycles. The summed E-state index contributed by atoms with van der Waals surface area (Å²) < 4.78 is 71.7. The molecule has 14 heteroatoms. The lowest BCUT2D eigenvalue weighted by atomic mass is 9.84. The van der Waals surface area contributed by atoms with Gasteiger partial charge < -0.3 is 20.2 Å². The van der Waals surface area contributed by atoms with Gasteiger partial charge in [-0.2, -0.15) is 26.3 Å². The Balaban J connectivity index is 0.000000532. The minimum atomic E-state index is -5.08. The standard InChI is InChI=1S/C23H24ClF3N2O3.C2HF3O2/c24-16-7-5-15(6-8-16)22(32)9-11-28(12-10-22)19-13-29(14-20(19)30)21(31)17-3-1-2-4-18(17)23(25,26)27;3-2(4,5)1(6)7/h1-8,19-20,30,32H,9-14H2;(H,6,7). The van der Waals surface area contributed by atoms with Gasteiger partial charge in [-0.15, -0.1) is 0 Å². The summed E-state index contributed by atoms with van der Waals surface area (Å²) in [6.45, 7) is 1.07. The first kappa shape index (κ1) is 30.7. The van der Waals surface area contributed by atoms with E-state index < -0.39 is 53.1 Å². The molecule has 214 valence electrons. The largest absolute Gasteiger partial charge is 0.490 e. The number of carbonyl (C=O) groups is 2. The Labute approximate surface area is 224 Å². The third-order valence-corrected chi connectivity index (χ3v) is 6.98. The number of alkyl halides is 6. The van der Waals surface area contributed by atoms with E-state index in [9.17, 15) is 41.4 Å². The van der Waals surface area contributed by atoms with Crippen LogP contribution >= 0.6 is 11.6 Å². The SMILES string of the molecule is O=C(O)C(F)(F)F.O=C(c1ccccc1C(F)(F)F)N1CC(O)C(N2CCC(O)(c3ccc(Cl)cc3)CC2)C1. The van der Waals surface area contributed by atoms with Crippen LogP contribution in [0.3, 0.4) is 0 Å². The Hall–Kier alpha value is -2.87. The van der Waals surface area contributed by atoms with E-state index in [-0.39, 0.29) is 13.1 Å². The van der Waals surface area contributed by atoms with Crippen LogP contribution < -0.4 is 0 Å². The first-order valence-electron chi connectivity index (χ1n) is 11.7. The van der Waals surface area contributed by atoms with Gasteiger partial charge in [-0.1, -0.05) is 35.9 Å². The van der Waals surface area contributed by atoms with Gasteiger partial charge in [0.25, 0.3) is 5.91 Å². The smallest absolute Gasteiger partial charge is 0.475 e. The van der Waals surface area contributed by atoms with E-state index in [1.807, 2.05) is 4.90 Å². The molecule has 1 amide bonds. The molecule has 2 unspecified atom stereocenters. The van der Waals surface area contributed by atoms with Gasteiger partial charge in [-0.25, -0.2) is 4.79 Å². The molecule has 2 aromatic rings. The highest BCUT2D eigenvalue weighted by atomic mass is 35.5. The maximum absolute atomic E-state index is 13.3. The molecule has 3 N–H and O–H groups in total. The molecule has 0 spiro atoms. The molecular weight excluding hydrogens is 558 g/mol. The number of carboxylic acids is 1. The summed E-state index contributed by atoms with van der Waals surface area (Å²) in [6.07, 6.45) is -9.73. The van der Waals surface area contributed by atoms with Gasteiger partial charge in [0.1, 0.15) is 0 Å². The molecule has 7 nitrogen and oxygen atoms in total. The number of likely N-dealkylation sites (tertiary alicyclic amines) is 2. The fraction of sp³-hybridized carbons (Fsp3) is 0.440. The highest BCUT2D eigenvalue weighted by Gasteiger charge is 2.44. The number of amides is 1. The van der Waals surface area contributed by atoms with Crippen molar-refractivity contribution in [1.29, 1.82) is 0 Å². The third-order valence-electron chi connectivity index (χ3n) is 6.73. The first-order valence-corrected chi connectivity index (χ1v) is 12.1. The third kappa shape index (κ3) is 7.41. The van der Waals surface area contributed by atoms with Gasteiger partial charge in [-0.05, 0) is 42.7 Å². The molecule has 0 saturated carbocycles. The quantitative estimate of drug-likeness (QED) is 0.470. The van der Waals surface area contributed by atoms with Crippen LogP contribution in [-0.2, 0) is 16.6 Å². The van der Waals surface area contributed by atoms with Crippen molar-refractivity contribution in [1.82, 2.24) is 9.80 Å². The summed E-state index contributed by atoms with van der Waals surface area (Å²) in [5.74, 6) is -3.50. The number of β-amino-alcohol motifs (C(OH)–C–C–N with tert-alkyl or cyclic N) is 1. The topological polar surface area (TPSA) is 101 Å². The predicted molar refractivity (Wildman–Crippen MR) is 127 cm³/mol. The molecule has 4 rings (SSSR count). The molecule has 2 fully saturated rings. The molecule has 2 aromatic carbocycles. The number of benzene rings is 2. The Kier molecular flexibility index (Phi) is 9.20. The summed E-state index contributed by atoms with van der Waals surface area (Å²) in [4.78, 5) is 25.0. The summed E-state index contributed by atoms with van der Waals surface area (Å²) in [5, 5.41) is 29.3. The molecule has 0 aromatic heterocycles. The molecule has 2 atom stereocenters. The average Bonchev–Trinajstić information content (AvgIpc) is 3.25. The van der Waals surface area contributed by atoms with Gasteiger partial charge in [0.2, 0.25) is 0 Å². The second-order valence-electron chi connectivity index (χ2n) is 9.27. The summed E-state index contributed by atoms with van der Waals surface area (Å²) in [5.41, 5.74) is -1.63. The maximum Gasteiger partial charge on any atom is 0.490 e. The van der Waals surface area contributed by atoms with Gasteiger partial charge >= 0.3 is 18.3 Å². The number of carbonyl (C=O) groups excluding carboxylic acids is 1. The van der Waals surface area contributed by atoms with Crippen LogP contribution in [0.4, 0.5) is 26.3 Å². The van der Waals surface area contributed by atoms with Crippen molar-refractivity contribution in [3.63, 3.8) is 0 Å². The van der Waals surface area contributed by atoms with Crippen molar-refractivity contribution in [2.75, 3.05) is 26.2 Å². The molecule has 2 heterocycles. The molecule has 2 aliphatic heterocycles. The fourth-order valence-corrected chi connectivity index (χ4v) is 4.78. The van der Waals surface area contributed by atoms with Crippen molar-refractivity contribution in [3.8, 4) is 0 Å². The second kappa shape index (κ2) is 11.7. The number of piperidine rings is 1. The van der Waals surface area contributed by atoms with Gasteiger partial charge in [0.05, 0.1) is 28.9 Å². The maximum atomic E-state index is 13.3. The zero-order valence-electron chi connectivity index (χ0n) is 20.2. The van der Waals surface area contributed by atoms with E-state index in [2.05, 4.69) is 0 Å². The minimum Gasteiger partial charge on any atom is -0.475 e. The number of nitrogens with zero attached hydrogens (tertiary/aromatic N) is 2. The van der Waals surface area contributed by atoms with E-state index in [1.54, 1.807) is 24.3 Å². The van der Waals surface area contributed by atoms with Crippen LogP contribution in [0, 0.1) is 0 Å². The number of halogens is 7. The van der Waals surface area contributed by atoms with Crippen LogP contribution in [0.2, 0.25) is 5.02 Å². The van der Waals surface area contributed by atoms with Crippen LogP contribution in [0.25, 0.3) is 0 Å². The summed E-state index contributed by atoms with van der Waals surface area (Å²) in [6, 6.07) is 11.3. The molecule has 0 aliphatic carbocycles. The molecular formula is C25H25ClF6N2O5. The highest BCUT2D eigenvalue weighted by Crippen LogP contribution is 2.36. The van der Waals surface area contributed by atoms with Crippen molar-refractivity contribution in [2.45, 2.75) is 42.9 Å². The number of carboxylic acid groups (broad SMARTS) is 1. The number of aliphatic hydroxyl groups is 2. The fourth-order valence-electron chi connectivity index (χ4n) is 4.66. The molecule has 2 aliphatic rings. The van der Waals surface area contributed by atoms with Crippen molar-refractivity contribution in [2.24, 2.45) is 0 Å². The van der Waals surface area contributed by atoms with Crippen molar-refractivity contribution >= 4 is 23.5 Å². The Morgan fingerprint density at radius 3 is 1.97 bits per heavy atom. The lowest BCUT2D eigenvalue weighted by Gasteiger charge is -2.41. The number of aliphatic carboxylic acids is 1. The van der Waals surface area contributed by atoms with Gasteiger partial charge in [0, 0.05) is 31.2 Å². The number of aliphatic hydroxyl groups excluding tert-OH is 1. The second-order valence-corrected chi connectivity index (χ2v) is 9.70. The zero-order valence-corrected chi connectivity index (χ0v) is 21.0. The van der Waals surface area contributed by atoms with Gasteiger partial charge in [0.15, 0.2) is 0 Å². The molecule has 0 radical (unpaired) electrons. The van der Waals surface area contributed by atoms with E-state index in [0.29, 0.717) is 31.0 Å². The highest BCUT2D eigenvalue weighted by molar-refractivity contribution is 6.30. The van der Waals surface area contributed by atoms with E-state index in [1.165, 1.54) is 17.0 Å². The van der Waals surface area contributed by atoms with E-state index in [4.69, 9.17) is 21.5 Å². The Morgan fingerprint density at radius 2 is 1.46 bits per heavy atom. The number of hydrogen-bond donors (Lipinski definition) is 3. The predicted octanol–water partition coefficient (Wildman–Crippen LogP) is 4.16. The van der Waals surface area contributed by atoms with Crippen LogP contribution in [0.5, 0.6) is 0 Å². The van der Waals surface area contributed by atoms with E-state index in [0.717, 1.165) is 17.7 Å². The Morgan fingerprint density at radius 1 is 0.923 bits per heavy atom. The van der Waals surface area contributed by atoms with Crippen LogP contribution in [0.1, 0.15) is 34.3 Å². The van der Waals surface area contributed by atoms with Gasteiger partial charge in [-0.3, -0.25) is 9.69 Å².